The molecule has 0 saturated heterocycles. The number of hydrogen-bond donors (Lipinski definition) is 2. The van der Waals surface area contributed by atoms with Crippen LogP contribution in [0.3, 0.4) is 0 Å². The van der Waals surface area contributed by atoms with Crippen LogP contribution in [0, 0.1) is 39.9 Å². The van der Waals surface area contributed by atoms with Crippen molar-refractivity contribution in [3.63, 3.8) is 0 Å². The van der Waals surface area contributed by atoms with Crippen LogP contribution >= 0.6 is 0 Å². The van der Waals surface area contributed by atoms with E-state index in [2.05, 4.69) is 47.6 Å². The molecule has 0 aromatic carbocycles. The lowest BCUT2D eigenvalue weighted by Gasteiger charge is -2.69. The zero-order valence-corrected chi connectivity index (χ0v) is 23.9. The molecule has 0 bridgehead atoms. The fraction of sp³-hybridized carbons (Fsp3) is 0.839. The maximum Gasteiger partial charge on any atom is 0.331 e. The summed E-state index contributed by atoms with van der Waals surface area (Å²) in [5.74, 6) is 0.505. The van der Waals surface area contributed by atoms with Gasteiger partial charge in [0, 0.05) is 19.8 Å². The third-order valence-electron chi connectivity index (χ3n) is 11.8. The van der Waals surface area contributed by atoms with E-state index in [9.17, 15) is 15.0 Å². The number of carboxylic acids is 1. The van der Waals surface area contributed by atoms with E-state index in [1.54, 1.807) is 7.11 Å². The standard InChI is InChI=1S/C31H50O5/c1-18(2)10-9-11-20(28(33)34)26-22-16-24(35-7)27-29(4)14-13-23(32)19(3)21(29)12-15-30(27,5)31(22,6)17-25(26)36-8/h10,19,21-25,27,32H,9,11-17H2,1-8H3,(H,33,34)/b26-20-. The lowest BCUT2D eigenvalue weighted by Crippen LogP contribution is -2.66. The second-order valence-corrected chi connectivity index (χ2v) is 13.5. The highest BCUT2D eigenvalue weighted by Crippen LogP contribution is 2.74. The average molecular weight is 503 g/mol. The van der Waals surface area contributed by atoms with Gasteiger partial charge in [0.25, 0.3) is 0 Å². The number of aliphatic hydroxyl groups is 1. The zero-order valence-electron chi connectivity index (χ0n) is 23.9. The average Bonchev–Trinajstić information content (AvgIpc) is 3.11. The van der Waals surface area contributed by atoms with Gasteiger partial charge in [-0.1, -0.05) is 39.3 Å². The molecule has 4 aliphatic rings. The molecule has 10 atom stereocenters. The number of methoxy groups -OCH3 is 2. The van der Waals surface area contributed by atoms with Crippen LogP contribution in [-0.4, -0.2) is 48.7 Å². The summed E-state index contributed by atoms with van der Waals surface area (Å²) in [6.45, 7) is 13.7. The first-order valence-electron chi connectivity index (χ1n) is 14.2. The minimum atomic E-state index is -0.800. The van der Waals surface area contributed by atoms with Gasteiger partial charge in [0.1, 0.15) is 0 Å². The van der Waals surface area contributed by atoms with Crippen LogP contribution in [0.15, 0.2) is 22.8 Å². The van der Waals surface area contributed by atoms with Gasteiger partial charge in [-0.05, 0) is 111 Å². The second-order valence-electron chi connectivity index (χ2n) is 13.5. The van der Waals surface area contributed by atoms with Crippen molar-refractivity contribution in [2.45, 2.75) is 111 Å². The van der Waals surface area contributed by atoms with Crippen molar-refractivity contribution in [1.82, 2.24) is 0 Å². The summed E-state index contributed by atoms with van der Waals surface area (Å²) in [5.41, 5.74) is 2.84. The maximum atomic E-state index is 12.6. The Hall–Kier alpha value is -1.17. The van der Waals surface area contributed by atoms with Gasteiger partial charge >= 0.3 is 5.97 Å². The Morgan fingerprint density at radius 3 is 2.36 bits per heavy atom. The third-order valence-corrected chi connectivity index (χ3v) is 11.8. The Bertz CT molecular complexity index is 918. The summed E-state index contributed by atoms with van der Waals surface area (Å²) in [6.07, 6.45) is 8.91. The van der Waals surface area contributed by atoms with Crippen LogP contribution < -0.4 is 0 Å². The van der Waals surface area contributed by atoms with Gasteiger partial charge in [-0.2, -0.15) is 0 Å². The summed E-state index contributed by atoms with van der Waals surface area (Å²) in [5, 5.41) is 21.1. The van der Waals surface area contributed by atoms with Gasteiger partial charge in [0.05, 0.1) is 18.3 Å². The van der Waals surface area contributed by atoms with E-state index in [0.29, 0.717) is 29.7 Å². The van der Waals surface area contributed by atoms with Crippen LogP contribution in [0.5, 0.6) is 0 Å². The molecular weight excluding hydrogens is 452 g/mol. The van der Waals surface area contributed by atoms with E-state index >= 15 is 0 Å². The predicted octanol–water partition coefficient (Wildman–Crippen LogP) is 6.40. The minimum Gasteiger partial charge on any atom is -0.478 e. The van der Waals surface area contributed by atoms with E-state index in [0.717, 1.165) is 50.5 Å². The Morgan fingerprint density at radius 1 is 1.08 bits per heavy atom. The van der Waals surface area contributed by atoms with Crippen molar-refractivity contribution in [1.29, 1.82) is 0 Å². The molecule has 0 radical (unpaired) electrons. The molecule has 0 aromatic rings. The molecule has 36 heavy (non-hydrogen) atoms. The quantitative estimate of drug-likeness (QED) is 0.324. The lowest BCUT2D eigenvalue weighted by atomic mass is 9.36. The number of carbonyl (C=O) groups is 1. The number of hydrogen-bond acceptors (Lipinski definition) is 4. The Labute approximate surface area is 218 Å². The van der Waals surface area contributed by atoms with E-state index in [4.69, 9.17) is 9.47 Å². The SMILES string of the molecule is COC1CC2(C)C(CC(OC)C3C4(C)CCC(O)C(C)C4CCC32C)/C1=C(\CCC=C(C)C)C(=O)O. The van der Waals surface area contributed by atoms with Gasteiger partial charge in [-0.3, -0.25) is 0 Å². The summed E-state index contributed by atoms with van der Waals surface area (Å²) in [4.78, 5) is 12.6. The fourth-order valence-electron chi connectivity index (χ4n) is 9.89. The smallest absolute Gasteiger partial charge is 0.331 e. The first kappa shape index (κ1) is 27.9. The van der Waals surface area contributed by atoms with Crippen molar-refractivity contribution in [2.75, 3.05) is 14.2 Å². The minimum absolute atomic E-state index is 0.00586. The largest absolute Gasteiger partial charge is 0.478 e. The molecule has 0 aromatic heterocycles. The topological polar surface area (TPSA) is 76.0 Å². The van der Waals surface area contributed by atoms with E-state index < -0.39 is 5.97 Å². The molecule has 10 unspecified atom stereocenters. The molecule has 4 fully saturated rings. The van der Waals surface area contributed by atoms with E-state index in [1.165, 1.54) is 5.57 Å². The van der Waals surface area contributed by atoms with Crippen LogP contribution in [0.2, 0.25) is 0 Å². The zero-order chi connectivity index (χ0) is 26.6. The highest BCUT2D eigenvalue weighted by molar-refractivity contribution is 5.88. The first-order chi connectivity index (χ1) is 16.9. The predicted molar refractivity (Wildman–Crippen MR) is 143 cm³/mol. The van der Waals surface area contributed by atoms with Crippen molar-refractivity contribution in [3.8, 4) is 0 Å². The number of aliphatic carboxylic acids is 1. The number of rotatable bonds is 6. The Kier molecular flexibility index (Phi) is 7.62. The molecule has 5 nitrogen and oxygen atoms in total. The van der Waals surface area contributed by atoms with Crippen molar-refractivity contribution in [2.24, 2.45) is 39.9 Å². The summed E-state index contributed by atoms with van der Waals surface area (Å²) < 4.78 is 12.4. The van der Waals surface area contributed by atoms with E-state index in [-0.39, 0.29) is 40.5 Å². The van der Waals surface area contributed by atoms with E-state index in [1.807, 2.05) is 7.11 Å². The summed E-state index contributed by atoms with van der Waals surface area (Å²) in [7, 11) is 3.60. The molecule has 0 aliphatic heterocycles. The van der Waals surface area contributed by atoms with Crippen LogP contribution in [0.1, 0.15) is 92.9 Å². The monoisotopic (exact) mass is 502 g/mol. The van der Waals surface area contributed by atoms with Crippen molar-refractivity contribution >= 4 is 5.97 Å². The number of allylic oxidation sites excluding steroid dienone is 2. The summed E-state index contributed by atoms with van der Waals surface area (Å²) >= 11 is 0. The molecule has 204 valence electrons. The number of carboxylic acid groups (broad SMARTS) is 1. The van der Waals surface area contributed by atoms with Crippen molar-refractivity contribution in [3.05, 3.63) is 22.8 Å². The Balaban J connectivity index is 1.82. The van der Waals surface area contributed by atoms with Crippen LogP contribution in [-0.2, 0) is 14.3 Å². The van der Waals surface area contributed by atoms with Gasteiger partial charge in [0.2, 0.25) is 0 Å². The molecule has 4 saturated carbocycles. The lowest BCUT2D eigenvalue weighted by molar-refractivity contribution is -0.239. The molecule has 0 amide bonds. The molecular formula is C31H50O5. The number of aliphatic hydroxyl groups excluding tert-OH is 1. The molecule has 4 rings (SSSR count). The molecule has 4 aliphatic carbocycles. The molecule has 5 heteroatoms. The molecule has 0 heterocycles. The number of ether oxygens (including phenoxy) is 2. The van der Waals surface area contributed by atoms with Crippen LogP contribution in [0.4, 0.5) is 0 Å². The number of fused-ring (bicyclic) bond motifs is 5. The van der Waals surface area contributed by atoms with Gasteiger partial charge in [-0.25, -0.2) is 4.79 Å². The van der Waals surface area contributed by atoms with Gasteiger partial charge in [-0.15, -0.1) is 0 Å². The van der Waals surface area contributed by atoms with Crippen LogP contribution in [0.25, 0.3) is 0 Å². The van der Waals surface area contributed by atoms with Gasteiger partial charge in [0.15, 0.2) is 0 Å². The van der Waals surface area contributed by atoms with Crippen molar-refractivity contribution < 1.29 is 24.5 Å². The van der Waals surface area contributed by atoms with Gasteiger partial charge < -0.3 is 19.7 Å². The third kappa shape index (κ3) is 4.03. The fourth-order valence-corrected chi connectivity index (χ4v) is 9.89. The normalized spacial score (nSPS) is 47.4. The maximum absolute atomic E-state index is 12.6. The highest BCUT2D eigenvalue weighted by atomic mass is 16.5. The Morgan fingerprint density at radius 2 is 1.78 bits per heavy atom. The second kappa shape index (κ2) is 9.85. The molecule has 0 spiro atoms. The molecule has 2 N–H and O–H groups in total. The highest BCUT2D eigenvalue weighted by Gasteiger charge is 2.70. The summed E-state index contributed by atoms with van der Waals surface area (Å²) in [6, 6.07) is 0. The first-order valence-corrected chi connectivity index (χ1v) is 14.2.